The summed E-state index contributed by atoms with van der Waals surface area (Å²) >= 11 is 0. The number of fused-ring (bicyclic) bond motifs is 1. The number of aromatic nitrogens is 1. The van der Waals surface area contributed by atoms with Gasteiger partial charge in [0.15, 0.2) is 0 Å². The molecule has 0 aliphatic carbocycles. The van der Waals surface area contributed by atoms with Crippen LogP contribution in [0.3, 0.4) is 0 Å². The Kier molecular flexibility index (Phi) is 2.34. The normalized spacial score (nSPS) is 12.3. The molecular weight excluding hydrogens is 188 g/mol. The molecule has 3 heteroatoms. The van der Waals surface area contributed by atoms with E-state index in [2.05, 4.69) is 11.1 Å². The maximum atomic E-state index is 8.88. The Morgan fingerprint density at radius 3 is 2.93 bits per heavy atom. The number of nitriles is 1. The van der Waals surface area contributed by atoms with Crippen molar-refractivity contribution in [2.45, 2.75) is 12.8 Å². The predicted octanol–water partition coefficient (Wildman–Crippen LogP) is 2.80. The van der Waals surface area contributed by atoms with Crippen LogP contribution in [0.1, 0.15) is 18.4 Å². The van der Waals surface area contributed by atoms with Gasteiger partial charge in [0, 0.05) is 23.2 Å². The topological polar surface area (TPSA) is 48.8 Å². The molecule has 1 aromatic carbocycles. The van der Waals surface area contributed by atoms with E-state index in [1.54, 1.807) is 7.11 Å². The van der Waals surface area contributed by atoms with Crippen LogP contribution in [-0.2, 0) is 0 Å². The second kappa shape index (κ2) is 3.66. The van der Waals surface area contributed by atoms with Gasteiger partial charge in [-0.1, -0.05) is 0 Å². The molecule has 2 aromatic rings. The van der Waals surface area contributed by atoms with Crippen LogP contribution in [0.5, 0.6) is 5.75 Å². The van der Waals surface area contributed by atoms with Crippen molar-refractivity contribution in [3.05, 3.63) is 30.0 Å². The third kappa shape index (κ3) is 1.55. The van der Waals surface area contributed by atoms with Crippen LogP contribution in [0.4, 0.5) is 0 Å². The maximum absolute atomic E-state index is 8.88. The second-order valence-electron chi connectivity index (χ2n) is 3.51. The number of hydrogen-bond acceptors (Lipinski definition) is 2. The molecule has 1 atom stereocenters. The van der Waals surface area contributed by atoms with Crippen LogP contribution < -0.4 is 4.74 Å². The highest BCUT2D eigenvalue weighted by atomic mass is 16.5. The van der Waals surface area contributed by atoms with Gasteiger partial charge in [0.1, 0.15) is 5.75 Å². The van der Waals surface area contributed by atoms with E-state index in [4.69, 9.17) is 10.00 Å². The molecule has 0 aliphatic heterocycles. The predicted molar refractivity (Wildman–Crippen MR) is 58.9 cm³/mol. The molecular formula is C12H12N2O. The number of methoxy groups -OCH3 is 1. The van der Waals surface area contributed by atoms with Crippen LogP contribution in [0, 0.1) is 11.3 Å². The molecule has 2 rings (SSSR count). The molecule has 0 fully saturated rings. The zero-order valence-electron chi connectivity index (χ0n) is 8.74. The maximum Gasteiger partial charge on any atom is 0.120 e. The smallest absolute Gasteiger partial charge is 0.120 e. The first kappa shape index (κ1) is 9.60. The number of rotatable bonds is 2. The average molecular weight is 200 g/mol. The molecule has 76 valence electrons. The minimum atomic E-state index is -0.0906. The summed E-state index contributed by atoms with van der Waals surface area (Å²) in [5.74, 6) is 0.729. The largest absolute Gasteiger partial charge is 0.497 e. The number of ether oxygens (including phenoxy) is 1. The van der Waals surface area contributed by atoms with Crippen molar-refractivity contribution in [2.75, 3.05) is 7.11 Å². The minimum absolute atomic E-state index is 0.0906. The molecule has 0 saturated heterocycles. The molecule has 0 aliphatic rings. The van der Waals surface area contributed by atoms with Crippen LogP contribution in [0.25, 0.3) is 10.9 Å². The average Bonchev–Trinajstić information content (AvgIpc) is 2.70. The molecule has 0 radical (unpaired) electrons. The van der Waals surface area contributed by atoms with Crippen molar-refractivity contribution in [3.63, 3.8) is 0 Å². The summed E-state index contributed by atoms with van der Waals surface area (Å²) in [7, 11) is 1.64. The van der Waals surface area contributed by atoms with Gasteiger partial charge in [0.25, 0.3) is 0 Å². The van der Waals surface area contributed by atoms with E-state index >= 15 is 0 Å². The van der Waals surface area contributed by atoms with Crippen molar-refractivity contribution in [2.24, 2.45) is 0 Å². The lowest BCUT2D eigenvalue weighted by Gasteiger charge is -2.01. The highest BCUT2D eigenvalue weighted by Gasteiger charge is 2.10. The summed E-state index contributed by atoms with van der Waals surface area (Å²) in [4.78, 5) is 3.15. The van der Waals surface area contributed by atoms with Gasteiger partial charge in [-0.25, -0.2) is 0 Å². The van der Waals surface area contributed by atoms with E-state index in [0.29, 0.717) is 0 Å². The van der Waals surface area contributed by atoms with Crippen molar-refractivity contribution < 1.29 is 4.74 Å². The molecule has 0 spiro atoms. The molecule has 1 aromatic heterocycles. The Morgan fingerprint density at radius 1 is 1.47 bits per heavy atom. The second-order valence-corrected chi connectivity index (χ2v) is 3.51. The standard InChI is InChI=1S/C12H12N2O/c1-8(6-13)11-7-14-12-5-9(15-2)3-4-10(11)12/h3-5,7-8,14H,1-2H3. The van der Waals surface area contributed by atoms with Gasteiger partial charge in [0.05, 0.1) is 19.1 Å². The van der Waals surface area contributed by atoms with E-state index in [1.165, 1.54) is 0 Å². The van der Waals surface area contributed by atoms with Gasteiger partial charge < -0.3 is 9.72 Å². The molecule has 15 heavy (non-hydrogen) atoms. The van der Waals surface area contributed by atoms with E-state index < -0.39 is 0 Å². The number of benzene rings is 1. The Bertz CT molecular complexity index is 522. The molecule has 1 heterocycles. The lowest BCUT2D eigenvalue weighted by molar-refractivity contribution is 0.415. The number of nitrogens with one attached hydrogen (secondary N) is 1. The Labute approximate surface area is 88.3 Å². The summed E-state index contributed by atoms with van der Waals surface area (Å²) in [5.41, 5.74) is 2.04. The fraction of sp³-hybridized carbons (Fsp3) is 0.250. The molecule has 3 nitrogen and oxygen atoms in total. The fourth-order valence-electron chi connectivity index (χ4n) is 1.68. The SMILES string of the molecule is COc1ccc2c(C(C)C#N)c[nH]c2c1. The Morgan fingerprint density at radius 2 is 2.27 bits per heavy atom. The first-order valence-corrected chi connectivity index (χ1v) is 4.81. The lowest BCUT2D eigenvalue weighted by atomic mass is 10.0. The van der Waals surface area contributed by atoms with Gasteiger partial charge in [-0.2, -0.15) is 5.26 Å². The van der Waals surface area contributed by atoms with Gasteiger partial charge in [-0.05, 0) is 24.6 Å². The zero-order valence-corrected chi connectivity index (χ0v) is 8.74. The van der Waals surface area contributed by atoms with E-state index in [9.17, 15) is 0 Å². The van der Waals surface area contributed by atoms with E-state index in [-0.39, 0.29) is 5.92 Å². The summed E-state index contributed by atoms with van der Waals surface area (Å²) in [5, 5.41) is 9.97. The molecule has 1 unspecified atom stereocenters. The Hall–Kier alpha value is -1.95. The fourth-order valence-corrected chi connectivity index (χ4v) is 1.68. The first-order valence-electron chi connectivity index (χ1n) is 4.81. The van der Waals surface area contributed by atoms with Crippen molar-refractivity contribution in [1.29, 1.82) is 5.26 Å². The van der Waals surface area contributed by atoms with Crippen LogP contribution in [0.2, 0.25) is 0 Å². The molecule has 0 bridgehead atoms. The van der Waals surface area contributed by atoms with Crippen LogP contribution >= 0.6 is 0 Å². The molecule has 0 amide bonds. The number of hydrogen-bond donors (Lipinski definition) is 1. The third-order valence-corrected chi connectivity index (χ3v) is 2.58. The van der Waals surface area contributed by atoms with Crippen LogP contribution in [-0.4, -0.2) is 12.1 Å². The summed E-state index contributed by atoms with van der Waals surface area (Å²) in [6.07, 6.45) is 1.89. The van der Waals surface area contributed by atoms with Gasteiger partial charge >= 0.3 is 0 Å². The van der Waals surface area contributed by atoms with E-state index in [0.717, 1.165) is 22.2 Å². The Balaban J connectivity index is 2.58. The van der Waals surface area contributed by atoms with Gasteiger partial charge in [-0.3, -0.25) is 0 Å². The summed E-state index contributed by atoms with van der Waals surface area (Å²) in [6.45, 7) is 1.90. The highest BCUT2D eigenvalue weighted by Crippen LogP contribution is 2.27. The number of aromatic amines is 1. The molecule has 1 N–H and O–H groups in total. The zero-order chi connectivity index (χ0) is 10.8. The quantitative estimate of drug-likeness (QED) is 0.810. The summed E-state index contributed by atoms with van der Waals surface area (Å²) < 4.78 is 5.13. The van der Waals surface area contributed by atoms with Crippen molar-refractivity contribution in [1.82, 2.24) is 4.98 Å². The van der Waals surface area contributed by atoms with Crippen LogP contribution in [0.15, 0.2) is 24.4 Å². The first-order chi connectivity index (χ1) is 7.26. The van der Waals surface area contributed by atoms with E-state index in [1.807, 2.05) is 31.3 Å². The van der Waals surface area contributed by atoms with Crippen molar-refractivity contribution >= 4 is 10.9 Å². The number of nitrogens with zero attached hydrogens (tertiary/aromatic N) is 1. The minimum Gasteiger partial charge on any atom is -0.497 e. The monoisotopic (exact) mass is 200 g/mol. The lowest BCUT2D eigenvalue weighted by Crippen LogP contribution is -1.87. The third-order valence-electron chi connectivity index (χ3n) is 2.58. The number of H-pyrrole nitrogens is 1. The summed E-state index contributed by atoms with van der Waals surface area (Å²) in [6, 6.07) is 8.06. The molecule has 0 saturated carbocycles. The van der Waals surface area contributed by atoms with Gasteiger partial charge in [-0.15, -0.1) is 0 Å². The van der Waals surface area contributed by atoms with Crippen molar-refractivity contribution in [3.8, 4) is 11.8 Å². The van der Waals surface area contributed by atoms with Gasteiger partial charge in [0.2, 0.25) is 0 Å². The highest BCUT2D eigenvalue weighted by molar-refractivity contribution is 5.85.